The van der Waals surface area contributed by atoms with Crippen LogP contribution in [-0.2, 0) is 4.79 Å². The van der Waals surface area contributed by atoms with Crippen molar-refractivity contribution in [2.45, 2.75) is 65.8 Å². The van der Waals surface area contributed by atoms with Crippen molar-refractivity contribution in [2.75, 3.05) is 19.6 Å². The third kappa shape index (κ3) is 6.95. The zero-order chi connectivity index (χ0) is 14.3. The lowest BCUT2D eigenvalue weighted by atomic mass is 9.99. The molecule has 0 radical (unpaired) electrons. The van der Waals surface area contributed by atoms with Gasteiger partial charge in [-0.15, -0.1) is 0 Å². The van der Waals surface area contributed by atoms with Crippen LogP contribution >= 0.6 is 0 Å². The van der Waals surface area contributed by atoms with Gasteiger partial charge in [0.15, 0.2) is 0 Å². The molecule has 1 aliphatic rings. The molecule has 19 heavy (non-hydrogen) atoms. The van der Waals surface area contributed by atoms with Crippen LogP contribution in [0, 0.1) is 11.8 Å². The second kappa shape index (κ2) is 8.57. The maximum atomic E-state index is 11.8. The van der Waals surface area contributed by atoms with Crippen LogP contribution in [0.4, 0.5) is 0 Å². The minimum atomic E-state index is 0.209. The Hall–Kier alpha value is -0.570. The van der Waals surface area contributed by atoms with Crippen molar-refractivity contribution >= 4 is 5.91 Å². The van der Waals surface area contributed by atoms with Crippen LogP contribution in [-0.4, -0.2) is 36.5 Å². The smallest absolute Gasteiger partial charge is 0.220 e. The Morgan fingerprint density at radius 3 is 2.21 bits per heavy atom. The molecule has 1 N–H and O–H groups in total. The monoisotopic (exact) mass is 268 g/mol. The first kappa shape index (κ1) is 16.5. The number of carbonyl (C=O) groups is 1. The predicted molar refractivity (Wildman–Crippen MR) is 81.1 cm³/mol. The molecule has 1 heterocycles. The van der Waals surface area contributed by atoms with Crippen molar-refractivity contribution in [3.63, 3.8) is 0 Å². The molecule has 0 aromatic rings. The van der Waals surface area contributed by atoms with Gasteiger partial charge >= 0.3 is 0 Å². The lowest BCUT2D eigenvalue weighted by Crippen LogP contribution is -2.46. The van der Waals surface area contributed by atoms with Gasteiger partial charge in [0.25, 0.3) is 0 Å². The van der Waals surface area contributed by atoms with Crippen molar-refractivity contribution in [3.8, 4) is 0 Å². The van der Waals surface area contributed by atoms with Gasteiger partial charge in [0, 0.05) is 19.0 Å². The molecule has 0 bridgehead atoms. The minimum Gasteiger partial charge on any atom is -0.355 e. The normalized spacial score (nSPS) is 18.8. The van der Waals surface area contributed by atoms with Crippen LogP contribution in [0.3, 0.4) is 0 Å². The summed E-state index contributed by atoms with van der Waals surface area (Å²) in [6.45, 7) is 12.0. The minimum absolute atomic E-state index is 0.209. The van der Waals surface area contributed by atoms with Gasteiger partial charge in [0.05, 0.1) is 0 Å². The van der Waals surface area contributed by atoms with Gasteiger partial charge in [-0.05, 0) is 44.2 Å². The lowest BCUT2D eigenvalue weighted by molar-refractivity contribution is -0.122. The molecule has 0 saturated carbocycles. The molecular formula is C16H32N2O. The molecule has 1 unspecified atom stereocenters. The summed E-state index contributed by atoms with van der Waals surface area (Å²) in [4.78, 5) is 14.4. The molecule has 0 aliphatic carbocycles. The fourth-order valence-corrected chi connectivity index (χ4v) is 2.86. The molecular weight excluding hydrogens is 236 g/mol. The molecule has 0 aromatic carbocycles. The van der Waals surface area contributed by atoms with Crippen LogP contribution in [0.25, 0.3) is 0 Å². The summed E-state index contributed by atoms with van der Waals surface area (Å²) >= 11 is 0. The quantitative estimate of drug-likeness (QED) is 0.769. The highest BCUT2D eigenvalue weighted by Gasteiger charge is 2.22. The van der Waals surface area contributed by atoms with Crippen LogP contribution in [0.2, 0.25) is 0 Å². The Bertz CT molecular complexity index is 257. The van der Waals surface area contributed by atoms with Crippen LogP contribution in [0.1, 0.15) is 59.8 Å². The van der Waals surface area contributed by atoms with E-state index in [0.29, 0.717) is 24.3 Å². The second-order valence-electron chi connectivity index (χ2n) is 6.78. The maximum absolute atomic E-state index is 11.8. The van der Waals surface area contributed by atoms with E-state index in [1.165, 1.54) is 38.8 Å². The molecule has 1 fully saturated rings. The summed E-state index contributed by atoms with van der Waals surface area (Å²) in [7, 11) is 0. The first-order chi connectivity index (χ1) is 8.99. The lowest BCUT2D eigenvalue weighted by Gasteiger charge is -2.35. The molecule has 1 rings (SSSR count). The maximum Gasteiger partial charge on any atom is 0.220 e. The fourth-order valence-electron chi connectivity index (χ4n) is 2.86. The molecule has 112 valence electrons. The Kier molecular flexibility index (Phi) is 7.44. The standard InChI is InChI=1S/C16H32N2O/c1-13(2)10-15(18-8-6-5-7-9-18)12-17-16(19)11-14(3)4/h13-15H,5-12H2,1-4H3,(H,17,19). The number of hydrogen-bond donors (Lipinski definition) is 1. The molecule has 1 amide bonds. The van der Waals surface area contributed by atoms with E-state index in [1.54, 1.807) is 0 Å². The third-order valence-corrected chi connectivity index (χ3v) is 3.78. The summed E-state index contributed by atoms with van der Waals surface area (Å²) in [5.74, 6) is 1.34. The Balaban J connectivity index is 2.42. The van der Waals surface area contributed by atoms with Gasteiger partial charge in [-0.25, -0.2) is 0 Å². The molecule has 1 aliphatic heterocycles. The molecule has 0 aromatic heterocycles. The average molecular weight is 268 g/mol. The van der Waals surface area contributed by atoms with Gasteiger partial charge in [-0.2, -0.15) is 0 Å². The van der Waals surface area contributed by atoms with Gasteiger partial charge in [0.2, 0.25) is 5.91 Å². The van der Waals surface area contributed by atoms with Crippen molar-refractivity contribution < 1.29 is 4.79 Å². The number of hydrogen-bond acceptors (Lipinski definition) is 2. The van der Waals surface area contributed by atoms with E-state index < -0.39 is 0 Å². The highest BCUT2D eigenvalue weighted by atomic mass is 16.1. The Morgan fingerprint density at radius 2 is 1.68 bits per heavy atom. The summed E-state index contributed by atoms with van der Waals surface area (Å²) < 4.78 is 0. The number of nitrogens with one attached hydrogen (secondary N) is 1. The van der Waals surface area contributed by atoms with Gasteiger partial charge in [-0.3, -0.25) is 9.69 Å². The van der Waals surface area contributed by atoms with Crippen molar-refractivity contribution in [1.29, 1.82) is 0 Å². The number of likely N-dealkylation sites (tertiary alicyclic amines) is 1. The van der Waals surface area contributed by atoms with Crippen molar-refractivity contribution in [1.82, 2.24) is 10.2 Å². The third-order valence-electron chi connectivity index (χ3n) is 3.78. The van der Waals surface area contributed by atoms with Gasteiger partial charge in [0.1, 0.15) is 0 Å². The van der Waals surface area contributed by atoms with Gasteiger partial charge < -0.3 is 5.32 Å². The molecule has 1 saturated heterocycles. The average Bonchev–Trinajstić information content (AvgIpc) is 2.34. The summed E-state index contributed by atoms with van der Waals surface area (Å²) in [6, 6.07) is 0.524. The predicted octanol–water partition coefficient (Wildman–Crippen LogP) is 3.05. The van der Waals surface area contributed by atoms with E-state index in [9.17, 15) is 4.79 Å². The van der Waals surface area contributed by atoms with Gasteiger partial charge in [-0.1, -0.05) is 34.1 Å². The molecule has 3 heteroatoms. The fraction of sp³-hybridized carbons (Fsp3) is 0.938. The summed E-state index contributed by atoms with van der Waals surface area (Å²) in [5, 5.41) is 3.14. The number of carbonyl (C=O) groups excluding carboxylic acids is 1. The Labute approximate surface area is 119 Å². The zero-order valence-electron chi connectivity index (χ0n) is 13.2. The number of rotatable bonds is 7. The largest absolute Gasteiger partial charge is 0.355 e. The van der Waals surface area contributed by atoms with Crippen LogP contribution in [0.5, 0.6) is 0 Å². The van der Waals surface area contributed by atoms with E-state index in [2.05, 4.69) is 37.9 Å². The van der Waals surface area contributed by atoms with E-state index in [1.807, 2.05) is 0 Å². The number of amides is 1. The first-order valence-corrected chi connectivity index (χ1v) is 7.99. The van der Waals surface area contributed by atoms with Crippen LogP contribution in [0.15, 0.2) is 0 Å². The number of nitrogens with zero attached hydrogens (tertiary/aromatic N) is 1. The SMILES string of the molecule is CC(C)CC(=O)NCC(CC(C)C)N1CCCCC1. The topological polar surface area (TPSA) is 32.3 Å². The summed E-state index contributed by atoms with van der Waals surface area (Å²) in [5.41, 5.74) is 0. The molecule has 1 atom stereocenters. The molecule has 3 nitrogen and oxygen atoms in total. The summed E-state index contributed by atoms with van der Waals surface area (Å²) in [6.07, 6.45) is 5.82. The van der Waals surface area contributed by atoms with E-state index in [-0.39, 0.29) is 5.91 Å². The van der Waals surface area contributed by atoms with E-state index in [4.69, 9.17) is 0 Å². The Morgan fingerprint density at radius 1 is 1.05 bits per heavy atom. The van der Waals surface area contributed by atoms with Crippen molar-refractivity contribution in [2.24, 2.45) is 11.8 Å². The second-order valence-corrected chi connectivity index (χ2v) is 6.78. The highest BCUT2D eigenvalue weighted by molar-refractivity contribution is 5.76. The first-order valence-electron chi connectivity index (χ1n) is 7.99. The van der Waals surface area contributed by atoms with Crippen molar-refractivity contribution in [3.05, 3.63) is 0 Å². The highest BCUT2D eigenvalue weighted by Crippen LogP contribution is 2.17. The van der Waals surface area contributed by atoms with E-state index >= 15 is 0 Å². The number of piperidine rings is 1. The van der Waals surface area contributed by atoms with Crippen LogP contribution < -0.4 is 5.32 Å². The zero-order valence-corrected chi connectivity index (χ0v) is 13.2. The molecule has 0 spiro atoms. The van der Waals surface area contributed by atoms with E-state index in [0.717, 1.165) is 6.54 Å².